The maximum atomic E-state index is 10.4. The molecule has 1 rings (SSSR count). The summed E-state index contributed by atoms with van der Waals surface area (Å²) in [6.45, 7) is 3.54. The maximum absolute atomic E-state index is 10.4. The summed E-state index contributed by atoms with van der Waals surface area (Å²) in [4.78, 5) is 0. The van der Waals surface area contributed by atoms with E-state index < -0.39 is 19.8 Å². The van der Waals surface area contributed by atoms with Gasteiger partial charge in [-0.2, -0.15) is 0 Å². The fraction of sp³-hybridized carbons (Fsp3) is 0. The van der Waals surface area contributed by atoms with E-state index in [-0.39, 0.29) is 0 Å². The summed E-state index contributed by atoms with van der Waals surface area (Å²) in [5.74, 6) is 0. The Morgan fingerprint density at radius 3 is 2.33 bits per heavy atom. The molecule has 1 aliphatic rings. The van der Waals surface area contributed by atoms with E-state index in [1.165, 1.54) is 0 Å². The predicted molar refractivity (Wildman–Crippen MR) is 41.8 cm³/mol. The van der Waals surface area contributed by atoms with Gasteiger partial charge in [0.25, 0.3) is 0 Å². The van der Waals surface area contributed by atoms with Crippen molar-refractivity contribution in [2.75, 3.05) is 0 Å². The molecule has 0 amide bonds. The van der Waals surface area contributed by atoms with Crippen LogP contribution in [0.1, 0.15) is 0 Å². The zero-order valence-electron chi connectivity index (χ0n) is 4.63. The van der Waals surface area contributed by atoms with Gasteiger partial charge in [0.05, 0.1) is 3.58 Å². The second-order valence-corrected chi connectivity index (χ2v) is 4.02. The lowest BCUT2D eigenvalue weighted by molar-refractivity contribution is 0.610. The maximum Gasteiger partial charge on any atom is 0.341 e. The highest BCUT2D eigenvalue weighted by Gasteiger charge is 2.07. The van der Waals surface area contributed by atoms with Crippen molar-refractivity contribution < 1.29 is 6.14 Å². The van der Waals surface area contributed by atoms with Crippen LogP contribution in [0.5, 0.6) is 0 Å². The van der Waals surface area contributed by atoms with Crippen molar-refractivity contribution in [2.24, 2.45) is 0 Å². The average Bonchev–Trinajstić information content (AvgIpc) is 2.13. The number of hydrogen-bond acceptors (Lipinski definition) is 2. The van der Waals surface area contributed by atoms with E-state index in [4.69, 9.17) is 0 Å². The number of allylic oxidation sites excluding steroid dienone is 5. The van der Waals surface area contributed by atoms with Crippen molar-refractivity contribution in [1.82, 2.24) is 0 Å². The molecular formula is C6H5IO2. The second kappa shape index (κ2) is 2.43. The van der Waals surface area contributed by atoms with Gasteiger partial charge in [-0.05, 0) is 11.6 Å². The minimum atomic E-state index is -3.24. The van der Waals surface area contributed by atoms with Crippen molar-refractivity contribution >= 4 is 19.8 Å². The highest BCUT2D eigenvalue weighted by Crippen LogP contribution is 2.31. The molecule has 1 aliphatic carbocycles. The van der Waals surface area contributed by atoms with Gasteiger partial charge in [0, 0.05) is 0 Å². The Hall–Kier alpha value is -0.450. The van der Waals surface area contributed by atoms with Crippen LogP contribution in [0.15, 0.2) is 34.0 Å². The first-order valence-electron chi connectivity index (χ1n) is 2.35. The van der Waals surface area contributed by atoms with Crippen LogP contribution in [0, 0.1) is 0 Å². The van der Waals surface area contributed by atoms with E-state index >= 15 is 0 Å². The van der Waals surface area contributed by atoms with E-state index in [9.17, 15) is 6.14 Å². The Kier molecular flexibility index (Phi) is 1.80. The summed E-state index contributed by atoms with van der Waals surface area (Å²) < 4.78 is 21.2. The van der Waals surface area contributed by atoms with Gasteiger partial charge in [0.15, 0.2) is 0 Å². The van der Waals surface area contributed by atoms with Gasteiger partial charge in [0.1, 0.15) is 0 Å². The molecule has 3 heteroatoms. The quantitative estimate of drug-likeness (QED) is 0.654. The molecule has 0 saturated heterocycles. The number of hydrogen-bond donors (Lipinski definition) is 0. The third-order valence-corrected chi connectivity index (χ3v) is 3.01. The molecule has 0 atom stereocenters. The van der Waals surface area contributed by atoms with E-state index in [1.54, 1.807) is 18.2 Å². The first-order valence-corrected chi connectivity index (χ1v) is 5.19. The summed E-state index contributed by atoms with van der Waals surface area (Å²) in [7, 11) is 0. The first kappa shape index (κ1) is 6.67. The summed E-state index contributed by atoms with van der Waals surface area (Å²) >= 11 is -3.24. The van der Waals surface area contributed by atoms with Crippen molar-refractivity contribution in [3.8, 4) is 0 Å². The molecule has 0 aromatic heterocycles. The van der Waals surface area contributed by atoms with Gasteiger partial charge < -0.3 is 0 Å². The molecule has 0 aliphatic heterocycles. The summed E-state index contributed by atoms with van der Waals surface area (Å²) in [6, 6.07) is 0. The third-order valence-electron chi connectivity index (χ3n) is 1.01. The van der Waals surface area contributed by atoms with Gasteiger partial charge in [-0.25, -0.2) is 6.14 Å². The van der Waals surface area contributed by atoms with Crippen LogP contribution in [0.4, 0.5) is 0 Å². The number of halogens is 1. The molecule has 0 radical (unpaired) electrons. The van der Waals surface area contributed by atoms with Crippen LogP contribution in [0.25, 0.3) is 0 Å². The molecule has 0 unspecified atom stereocenters. The fourth-order valence-electron chi connectivity index (χ4n) is 0.586. The Morgan fingerprint density at radius 1 is 1.44 bits per heavy atom. The lowest BCUT2D eigenvalue weighted by Gasteiger charge is -1.84. The molecule has 0 aromatic carbocycles. The predicted octanol–water partition coefficient (Wildman–Crippen LogP) is 2.19. The van der Waals surface area contributed by atoms with Crippen molar-refractivity contribution in [1.29, 1.82) is 0 Å². The largest absolute Gasteiger partial charge is 0.341 e. The average molecular weight is 236 g/mol. The highest BCUT2D eigenvalue weighted by molar-refractivity contribution is 14.2. The van der Waals surface area contributed by atoms with Crippen LogP contribution >= 0.6 is 19.8 Å². The summed E-state index contributed by atoms with van der Waals surface area (Å²) in [5, 5.41) is 0. The fourth-order valence-corrected chi connectivity index (χ4v) is 1.83. The molecule has 0 fully saturated rings. The Balaban J connectivity index is 3.02. The van der Waals surface area contributed by atoms with Gasteiger partial charge >= 0.3 is 19.8 Å². The zero-order valence-corrected chi connectivity index (χ0v) is 6.79. The lowest BCUT2D eigenvalue weighted by atomic mass is 10.4. The topological polar surface area (TPSA) is 34.1 Å². The molecule has 0 aromatic rings. The molecule has 0 N–H and O–H groups in total. The molecule has 0 bridgehead atoms. The number of rotatable bonds is 1. The zero-order chi connectivity index (χ0) is 6.85. The lowest BCUT2D eigenvalue weighted by Crippen LogP contribution is -1.66. The second-order valence-electron chi connectivity index (χ2n) is 1.62. The SMILES string of the molecule is C=C1C=CC=C1I(=O)=O. The Bertz CT molecular complexity index is 261. The van der Waals surface area contributed by atoms with Gasteiger partial charge in [-0.15, -0.1) is 0 Å². The minimum Gasteiger partial charge on any atom is -0.230 e. The van der Waals surface area contributed by atoms with E-state index in [0.29, 0.717) is 9.15 Å². The van der Waals surface area contributed by atoms with Crippen molar-refractivity contribution in [2.45, 2.75) is 0 Å². The molecule has 9 heavy (non-hydrogen) atoms. The van der Waals surface area contributed by atoms with Crippen molar-refractivity contribution in [3.05, 3.63) is 34.0 Å². The molecule has 0 spiro atoms. The van der Waals surface area contributed by atoms with E-state index in [0.717, 1.165) is 0 Å². The van der Waals surface area contributed by atoms with Gasteiger partial charge in [-0.3, -0.25) is 0 Å². The van der Waals surface area contributed by atoms with Crippen molar-refractivity contribution in [3.63, 3.8) is 0 Å². The standard InChI is InChI=1S/C6H5IO2/c1-5-3-2-4-6(5)7(8)9/h2-4H,1H2. The Morgan fingerprint density at radius 2 is 2.11 bits per heavy atom. The van der Waals surface area contributed by atoms with E-state index in [1.807, 2.05) is 0 Å². The van der Waals surface area contributed by atoms with E-state index in [2.05, 4.69) is 6.58 Å². The summed E-state index contributed by atoms with van der Waals surface area (Å²) in [6.07, 6.45) is 4.96. The molecule has 2 nitrogen and oxygen atoms in total. The van der Waals surface area contributed by atoms with Crippen LogP contribution in [0.3, 0.4) is 0 Å². The van der Waals surface area contributed by atoms with Crippen LogP contribution in [-0.4, -0.2) is 0 Å². The summed E-state index contributed by atoms with van der Waals surface area (Å²) in [5.41, 5.74) is 0.616. The van der Waals surface area contributed by atoms with Crippen LogP contribution in [-0.2, 0) is 6.14 Å². The monoisotopic (exact) mass is 236 g/mol. The molecular weight excluding hydrogens is 231 g/mol. The van der Waals surface area contributed by atoms with Crippen LogP contribution < -0.4 is 0 Å². The highest BCUT2D eigenvalue weighted by atomic mass is 127. The molecule has 48 valence electrons. The normalized spacial score (nSPS) is 17.0. The third kappa shape index (κ3) is 1.27. The van der Waals surface area contributed by atoms with Gasteiger partial charge in [-0.1, -0.05) is 18.7 Å². The minimum absolute atomic E-state index is 0.416. The Labute approximate surface area is 60.1 Å². The molecule has 0 heterocycles. The first-order chi connectivity index (χ1) is 4.22. The molecule has 0 saturated carbocycles. The van der Waals surface area contributed by atoms with Crippen LogP contribution in [0.2, 0.25) is 0 Å². The smallest absolute Gasteiger partial charge is 0.230 e. The van der Waals surface area contributed by atoms with Gasteiger partial charge in [0.2, 0.25) is 0 Å².